The number of aliphatic carboxylic acids is 1. The summed E-state index contributed by atoms with van der Waals surface area (Å²) in [5.74, 6) is -0.723. The Morgan fingerprint density at radius 1 is 1.27 bits per heavy atom. The molecule has 0 aromatic heterocycles. The fraction of sp³-hybridized carbons (Fsp3) is 0.417. The molecule has 80 valence electrons. The fourth-order valence-corrected chi connectivity index (χ4v) is 1.91. The van der Waals surface area contributed by atoms with Crippen LogP contribution in [0.3, 0.4) is 0 Å². The van der Waals surface area contributed by atoms with Gasteiger partial charge in [0, 0.05) is 5.56 Å². The molecule has 1 aromatic rings. The monoisotopic (exact) mass is 206 g/mol. The highest BCUT2D eigenvalue weighted by Gasteiger charge is 2.53. The second kappa shape index (κ2) is 2.99. The summed E-state index contributed by atoms with van der Waals surface area (Å²) in [6.45, 7) is 3.83. The number of rotatable bonds is 2. The summed E-state index contributed by atoms with van der Waals surface area (Å²) < 4.78 is 0. The van der Waals surface area contributed by atoms with Gasteiger partial charge in [-0.25, -0.2) is 0 Å². The van der Waals surface area contributed by atoms with Gasteiger partial charge in [0.1, 0.15) is 5.75 Å². The van der Waals surface area contributed by atoms with Crippen molar-refractivity contribution in [3.8, 4) is 5.75 Å². The number of aryl methyl sites for hydroxylation is 2. The van der Waals surface area contributed by atoms with Crippen LogP contribution in [0, 0.1) is 13.8 Å². The molecule has 0 saturated heterocycles. The molecular formula is C12H14O3. The topological polar surface area (TPSA) is 57.5 Å². The third kappa shape index (κ3) is 1.39. The Morgan fingerprint density at radius 2 is 1.80 bits per heavy atom. The van der Waals surface area contributed by atoms with Crippen molar-refractivity contribution in [3.05, 3.63) is 28.8 Å². The van der Waals surface area contributed by atoms with Crippen molar-refractivity contribution < 1.29 is 15.0 Å². The van der Waals surface area contributed by atoms with Crippen molar-refractivity contribution in [2.24, 2.45) is 0 Å². The Bertz CT molecular complexity index is 431. The van der Waals surface area contributed by atoms with E-state index >= 15 is 0 Å². The standard InChI is InChI=1S/C12H14O3/c1-7-5-9(10(13)6-8(7)2)12(3-4-12)11(14)15/h5-6,13H,3-4H2,1-2H3,(H,14,15). The van der Waals surface area contributed by atoms with Crippen molar-refractivity contribution in [1.29, 1.82) is 0 Å². The van der Waals surface area contributed by atoms with Crippen LogP contribution in [-0.2, 0) is 10.2 Å². The maximum atomic E-state index is 11.1. The number of carbonyl (C=O) groups is 1. The molecule has 3 heteroatoms. The molecule has 1 aliphatic rings. The van der Waals surface area contributed by atoms with Gasteiger partial charge in [-0.15, -0.1) is 0 Å². The number of aromatic hydroxyl groups is 1. The quantitative estimate of drug-likeness (QED) is 0.779. The zero-order valence-electron chi connectivity index (χ0n) is 8.87. The van der Waals surface area contributed by atoms with Crippen LogP contribution in [0.1, 0.15) is 29.5 Å². The van der Waals surface area contributed by atoms with E-state index in [-0.39, 0.29) is 5.75 Å². The van der Waals surface area contributed by atoms with E-state index in [1.54, 1.807) is 12.1 Å². The smallest absolute Gasteiger partial charge is 0.314 e. The molecule has 0 unspecified atom stereocenters. The molecule has 0 heterocycles. The first-order chi connectivity index (χ1) is 6.97. The Balaban J connectivity index is 2.54. The molecular weight excluding hydrogens is 192 g/mol. The van der Waals surface area contributed by atoms with E-state index in [2.05, 4.69) is 0 Å². The van der Waals surface area contributed by atoms with Gasteiger partial charge in [-0.05, 0) is 43.9 Å². The molecule has 0 atom stereocenters. The van der Waals surface area contributed by atoms with Crippen molar-refractivity contribution in [2.45, 2.75) is 32.1 Å². The first-order valence-electron chi connectivity index (χ1n) is 5.01. The highest BCUT2D eigenvalue weighted by molar-refractivity contribution is 5.86. The van der Waals surface area contributed by atoms with Crippen LogP contribution in [0.4, 0.5) is 0 Å². The molecule has 2 N–H and O–H groups in total. The highest BCUT2D eigenvalue weighted by Crippen LogP contribution is 2.51. The highest BCUT2D eigenvalue weighted by atomic mass is 16.4. The SMILES string of the molecule is Cc1cc(O)c(C2(C(=O)O)CC2)cc1C. The molecule has 1 aromatic carbocycles. The normalized spacial score (nSPS) is 17.5. The minimum absolute atomic E-state index is 0.109. The van der Waals surface area contributed by atoms with Crippen molar-refractivity contribution in [3.63, 3.8) is 0 Å². The van der Waals surface area contributed by atoms with Crippen LogP contribution in [0.2, 0.25) is 0 Å². The lowest BCUT2D eigenvalue weighted by molar-refractivity contribution is -0.140. The van der Waals surface area contributed by atoms with Gasteiger partial charge in [0.15, 0.2) is 0 Å². The molecule has 0 spiro atoms. The molecule has 0 bridgehead atoms. The van der Waals surface area contributed by atoms with Crippen LogP contribution in [0.15, 0.2) is 12.1 Å². The van der Waals surface area contributed by atoms with Crippen LogP contribution < -0.4 is 0 Å². The van der Waals surface area contributed by atoms with Gasteiger partial charge in [-0.2, -0.15) is 0 Å². The van der Waals surface area contributed by atoms with Crippen LogP contribution >= 0.6 is 0 Å². The number of carboxylic acids is 1. The largest absolute Gasteiger partial charge is 0.508 e. The number of hydrogen-bond acceptors (Lipinski definition) is 2. The van der Waals surface area contributed by atoms with Gasteiger partial charge in [0.2, 0.25) is 0 Å². The third-order valence-electron chi connectivity index (χ3n) is 3.29. The Hall–Kier alpha value is -1.51. The fourth-order valence-electron chi connectivity index (χ4n) is 1.91. The molecule has 1 saturated carbocycles. The molecule has 0 radical (unpaired) electrons. The Morgan fingerprint density at radius 3 is 2.27 bits per heavy atom. The zero-order valence-corrected chi connectivity index (χ0v) is 8.87. The van der Waals surface area contributed by atoms with Gasteiger partial charge in [0.25, 0.3) is 0 Å². The Labute approximate surface area is 88.4 Å². The summed E-state index contributed by atoms with van der Waals surface area (Å²) in [5.41, 5.74) is 1.76. The van der Waals surface area contributed by atoms with Gasteiger partial charge in [-0.1, -0.05) is 6.07 Å². The van der Waals surface area contributed by atoms with E-state index in [1.165, 1.54) is 0 Å². The van der Waals surface area contributed by atoms with Crippen molar-refractivity contribution >= 4 is 5.97 Å². The van der Waals surface area contributed by atoms with Crippen molar-refractivity contribution in [2.75, 3.05) is 0 Å². The average Bonchev–Trinajstić information content (AvgIpc) is 2.92. The number of benzene rings is 1. The average molecular weight is 206 g/mol. The van der Waals surface area contributed by atoms with E-state index < -0.39 is 11.4 Å². The molecule has 0 amide bonds. The summed E-state index contributed by atoms with van der Waals surface area (Å²) >= 11 is 0. The summed E-state index contributed by atoms with van der Waals surface area (Å²) in [7, 11) is 0. The second-order valence-electron chi connectivity index (χ2n) is 4.34. The summed E-state index contributed by atoms with van der Waals surface area (Å²) in [6.07, 6.45) is 1.25. The predicted octanol–water partition coefficient (Wildman–Crippen LogP) is 2.13. The lowest BCUT2D eigenvalue weighted by Crippen LogP contribution is -2.19. The molecule has 15 heavy (non-hydrogen) atoms. The first kappa shape index (κ1) is 10.0. The number of carboxylic acid groups (broad SMARTS) is 1. The van der Waals surface area contributed by atoms with Crippen LogP contribution in [-0.4, -0.2) is 16.2 Å². The van der Waals surface area contributed by atoms with Crippen LogP contribution in [0.25, 0.3) is 0 Å². The molecule has 1 fully saturated rings. The van der Waals surface area contributed by atoms with Gasteiger partial charge < -0.3 is 10.2 Å². The van der Waals surface area contributed by atoms with Crippen molar-refractivity contribution in [1.82, 2.24) is 0 Å². The number of phenolic OH excluding ortho intramolecular Hbond substituents is 1. The Kier molecular flexibility index (Phi) is 2.00. The van der Waals surface area contributed by atoms with Gasteiger partial charge in [-0.3, -0.25) is 4.79 Å². The maximum Gasteiger partial charge on any atom is 0.314 e. The minimum atomic E-state index is -0.832. The maximum absolute atomic E-state index is 11.1. The lowest BCUT2D eigenvalue weighted by atomic mass is 9.92. The van der Waals surface area contributed by atoms with E-state index in [0.29, 0.717) is 18.4 Å². The van der Waals surface area contributed by atoms with E-state index in [0.717, 1.165) is 11.1 Å². The first-order valence-corrected chi connectivity index (χ1v) is 5.01. The van der Waals surface area contributed by atoms with E-state index in [4.69, 9.17) is 5.11 Å². The lowest BCUT2D eigenvalue weighted by Gasteiger charge is -2.14. The number of hydrogen-bond donors (Lipinski definition) is 2. The van der Waals surface area contributed by atoms with Gasteiger partial charge >= 0.3 is 5.97 Å². The van der Waals surface area contributed by atoms with Crippen LogP contribution in [0.5, 0.6) is 5.75 Å². The van der Waals surface area contributed by atoms with Gasteiger partial charge in [0.05, 0.1) is 5.41 Å². The number of phenols is 1. The zero-order chi connectivity index (χ0) is 11.2. The second-order valence-corrected chi connectivity index (χ2v) is 4.34. The predicted molar refractivity (Wildman–Crippen MR) is 56.1 cm³/mol. The molecule has 2 rings (SSSR count). The molecule has 3 nitrogen and oxygen atoms in total. The summed E-state index contributed by atoms with van der Waals surface area (Å²) in [5, 5.41) is 18.9. The van der Waals surface area contributed by atoms with E-state index in [1.807, 2.05) is 13.8 Å². The minimum Gasteiger partial charge on any atom is -0.508 e. The molecule has 0 aliphatic heterocycles. The summed E-state index contributed by atoms with van der Waals surface area (Å²) in [4.78, 5) is 11.1. The molecule has 1 aliphatic carbocycles. The summed E-state index contributed by atoms with van der Waals surface area (Å²) in [6, 6.07) is 3.44. The van der Waals surface area contributed by atoms with E-state index in [9.17, 15) is 9.90 Å². The third-order valence-corrected chi connectivity index (χ3v) is 3.29.